The van der Waals surface area contributed by atoms with Gasteiger partial charge in [-0.1, -0.05) is 6.07 Å². The molecule has 2 atom stereocenters. The molecule has 1 heterocycles. The molecule has 138 valence electrons. The zero-order valence-electron chi connectivity index (χ0n) is 14.8. The van der Waals surface area contributed by atoms with E-state index in [1.807, 2.05) is 0 Å². The zero-order chi connectivity index (χ0) is 19.4. The first-order chi connectivity index (χ1) is 13.0. The largest absolute Gasteiger partial charge is 0.392 e. The average Bonchev–Trinajstić information content (AvgIpc) is 3.09. The summed E-state index contributed by atoms with van der Waals surface area (Å²) in [6.07, 6.45) is -0.612. The Balaban J connectivity index is 1.64. The molecule has 0 radical (unpaired) electrons. The summed E-state index contributed by atoms with van der Waals surface area (Å²) < 4.78 is 0. The number of carbonyl (C=O) groups excluding carboxylic acids is 2. The molecule has 0 spiro atoms. The third-order valence-electron chi connectivity index (χ3n) is 4.31. The number of nitrogens with zero attached hydrogens (tertiary/aromatic N) is 1. The summed E-state index contributed by atoms with van der Waals surface area (Å²) in [5.74, 6) is -0.488. The number of hydrogen-bond donors (Lipinski definition) is 4. The second kappa shape index (κ2) is 7.99. The number of aliphatic hydroxyl groups excluding tert-OH is 1. The molecule has 0 fully saturated rings. The van der Waals surface area contributed by atoms with Crippen LogP contribution < -0.4 is 16.0 Å². The van der Waals surface area contributed by atoms with E-state index in [2.05, 4.69) is 22.0 Å². The summed E-state index contributed by atoms with van der Waals surface area (Å²) in [6.45, 7) is 2.30. The summed E-state index contributed by atoms with van der Waals surface area (Å²) in [7, 11) is 0. The van der Waals surface area contributed by atoms with Gasteiger partial charge < -0.3 is 15.7 Å². The summed E-state index contributed by atoms with van der Waals surface area (Å²) in [6, 6.07) is 13.4. The van der Waals surface area contributed by atoms with Crippen LogP contribution >= 0.6 is 0 Å². The van der Waals surface area contributed by atoms with E-state index in [1.165, 1.54) is 0 Å². The van der Waals surface area contributed by atoms with Crippen molar-refractivity contribution >= 4 is 17.5 Å². The van der Waals surface area contributed by atoms with Crippen LogP contribution in [0.25, 0.3) is 0 Å². The van der Waals surface area contributed by atoms with Crippen molar-refractivity contribution in [2.24, 2.45) is 0 Å². The van der Waals surface area contributed by atoms with Gasteiger partial charge in [0.2, 0.25) is 5.91 Å². The molecule has 0 bridgehead atoms. The molecular formula is C20H20N4O3. The number of anilines is 1. The number of amides is 2. The molecule has 0 saturated carbocycles. The van der Waals surface area contributed by atoms with Crippen molar-refractivity contribution in [2.45, 2.75) is 25.6 Å². The smallest absolute Gasteiger partial charge is 0.251 e. The van der Waals surface area contributed by atoms with Gasteiger partial charge in [0.15, 0.2) is 0 Å². The van der Waals surface area contributed by atoms with Gasteiger partial charge in [-0.25, -0.2) is 0 Å². The van der Waals surface area contributed by atoms with Crippen molar-refractivity contribution in [3.63, 3.8) is 0 Å². The normalized spacial score (nSPS) is 16.1. The van der Waals surface area contributed by atoms with Crippen LogP contribution in [0.1, 0.15) is 40.0 Å². The maximum atomic E-state index is 12.6. The van der Waals surface area contributed by atoms with Crippen LogP contribution in [-0.4, -0.2) is 29.6 Å². The van der Waals surface area contributed by atoms with Crippen LogP contribution in [-0.2, 0) is 11.3 Å². The SMILES string of the molecule is C[C@H](O)CNC(=O)c1ccc(NC(=O)C2NCc3cc(C#N)ccc32)cc1. The highest BCUT2D eigenvalue weighted by molar-refractivity contribution is 5.98. The number of hydrogen-bond acceptors (Lipinski definition) is 5. The Morgan fingerprint density at radius 2 is 2.04 bits per heavy atom. The third-order valence-corrected chi connectivity index (χ3v) is 4.31. The van der Waals surface area contributed by atoms with Crippen LogP contribution in [0.4, 0.5) is 5.69 Å². The molecule has 0 aromatic heterocycles. The van der Waals surface area contributed by atoms with E-state index in [0.717, 1.165) is 11.1 Å². The van der Waals surface area contributed by atoms with Crippen LogP contribution in [0.5, 0.6) is 0 Å². The highest BCUT2D eigenvalue weighted by Gasteiger charge is 2.28. The van der Waals surface area contributed by atoms with Crippen LogP contribution in [0.2, 0.25) is 0 Å². The van der Waals surface area contributed by atoms with Gasteiger partial charge in [-0.05, 0) is 54.4 Å². The Morgan fingerprint density at radius 1 is 1.30 bits per heavy atom. The van der Waals surface area contributed by atoms with Crippen molar-refractivity contribution in [1.82, 2.24) is 10.6 Å². The molecule has 2 aromatic carbocycles. The minimum Gasteiger partial charge on any atom is -0.392 e. The third kappa shape index (κ3) is 4.31. The van der Waals surface area contributed by atoms with E-state index in [1.54, 1.807) is 49.4 Å². The Morgan fingerprint density at radius 3 is 2.70 bits per heavy atom. The number of aliphatic hydroxyl groups is 1. The van der Waals surface area contributed by atoms with Crippen molar-refractivity contribution in [2.75, 3.05) is 11.9 Å². The number of carbonyl (C=O) groups is 2. The molecular weight excluding hydrogens is 344 g/mol. The summed E-state index contributed by atoms with van der Waals surface area (Å²) in [5.41, 5.74) is 3.40. The minimum atomic E-state index is -0.612. The molecule has 0 saturated heterocycles. The first-order valence-electron chi connectivity index (χ1n) is 8.61. The molecule has 4 N–H and O–H groups in total. The molecule has 1 unspecified atom stereocenters. The van der Waals surface area contributed by atoms with Crippen molar-refractivity contribution < 1.29 is 14.7 Å². The molecule has 2 aromatic rings. The van der Waals surface area contributed by atoms with Crippen LogP contribution in [0, 0.1) is 11.3 Å². The highest BCUT2D eigenvalue weighted by atomic mass is 16.3. The number of nitriles is 1. The van der Waals surface area contributed by atoms with E-state index < -0.39 is 12.1 Å². The van der Waals surface area contributed by atoms with E-state index in [-0.39, 0.29) is 18.4 Å². The van der Waals surface area contributed by atoms with E-state index in [4.69, 9.17) is 5.26 Å². The van der Waals surface area contributed by atoms with Gasteiger partial charge in [0, 0.05) is 24.3 Å². The average molecular weight is 364 g/mol. The van der Waals surface area contributed by atoms with Gasteiger partial charge in [0.05, 0.1) is 17.7 Å². The molecule has 2 amide bonds. The molecule has 1 aliphatic heterocycles. The van der Waals surface area contributed by atoms with E-state index in [0.29, 0.717) is 23.4 Å². The summed E-state index contributed by atoms with van der Waals surface area (Å²) in [5, 5.41) is 26.8. The van der Waals surface area contributed by atoms with Gasteiger partial charge in [0.1, 0.15) is 6.04 Å². The minimum absolute atomic E-state index is 0.178. The quantitative estimate of drug-likeness (QED) is 0.641. The predicted octanol–water partition coefficient (Wildman–Crippen LogP) is 1.45. The van der Waals surface area contributed by atoms with Gasteiger partial charge >= 0.3 is 0 Å². The standard InChI is InChI=1S/C20H20N4O3/c1-12(25)10-23-19(26)14-3-5-16(6-4-14)24-20(27)18-17-7-2-13(9-21)8-15(17)11-22-18/h2-8,12,18,22,25H,10-11H2,1H3,(H,23,26)(H,24,27)/t12-,18?/m0/s1. The summed E-state index contributed by atoms with van der Waals surface area (Å²) in [4.78, 5) is 24.5. The lowest BCUT2D eigenvalue weighted by Crippen LogP contribution is -2.30. The first kappa shape index (κ1) is 18.6. The molecule has 0 aliphatic carbocycles. The number of rotatable bonds is 5. The monoisotopic (exact) mass is 364 g/mol. The lowest BCUT2D eigenvalue weighted by atomic mass is 10.0. The van der Waals surface area contributed by atoms with E-state index in [9.17, 15) is 14.7 Å². The second-order valence-electron chi connectivity index (χ2n) is 6.46. The molecule has 7 nitrogen and oxygen atoms in total. The zero-order valence-corrected chi connectivity index (χ0v) is 14.8. The van der Waals surface area contributed by atoms with Gasteiger partial charge in [-0.2, -0.15) is 5.26 Å². The van der Waals surface area contributed by atoms with Crippen LogP contribution in [0.15, 0.2) is 42.5 Å². The topological polar surface area (TPSA) is 114 Å². The Hall–Kier alpha value is -3.21. The van der Waals surface area contributed by atoms with Gasteiger partial charge in [-0.15, -0.1) is 0 Å². The molecule has 3 rings (SSSR count). The Bertz CT molecular complexity index is 900. The van der Waals surface area contributed by atoms with Crippen molar-refractivity contribution in [3.05, 3.63) is 64.7 Å². The maximum absolute atomic E-state index is 12.6. The maximum Gasteiger partial charge on any atom is 0.251 e. The Labute approximate surface area is 157 Å². The van der Waals surface area contributed by atoms with Gasteiger partial charge in [0.25, 0.3) is 5.91 Å². The van der Waals surface area contributed by atoms with Crippen molar-refractivity contribution in [3.8, 4) is 6.07 Å². The molecule has 1 aliphatic rings. The molecule has 7 heteroatoms. The summed E-state index contributed by atoms with van der Waals surface area (Å²) >= 11 is 0. The highest BCUT2D eigenvalue weighted by Crippen LogP contribution is 2.27. The van der Waals surface area contributed by atoms with Crippen molar-refractivity contribution in [1.29, 1.82) is 5.26 Å². The van der Waals surface area contributed by atoms with Gasteiger partial charge in [-0.3, -0.25) is 14.9 Å². The number of benzene rings is 2. The fraction of sp³-hybridized carbons (Fsp3) is 0.250. The lowest BCUT2D eigenvalue weighted by Gasteiger charge is -2.13. The van der Waals surface area contributed by atoms with E-state index >= 15 is 0 Å². The second-order valence-corrected chi connectivity index (χ2v) is 6.46. The lowest BCUT2D eigenvalue weighted by molar-refractivity contribution is -0.118. The first-order valence-corrected chi connectivity index (χ1v) is 8.61. The Kier molecular flexibility index (Phi) is 5.50. The fourth-order valence-electron chi connectivity index (χ4n) is 2.93. The molecule has 27 heavy (non-hydrogen) atoms. The number of fused-ring (bicyclic) bond motifs is 1. The van der Waals surface area contributed by atoms with Crippen LogP contribution in [0.3, 0.4) is 0 Å². The fourth-order valence-corrected chi connectivity index (χ4v) is 2.93. The predicted molar refractivity (Wildman–Crippen MR) is 99.8 cm³/mol. The number of nitrogens with one attached hydrogen (secondary N) is 3.